The molecule has 0 unspecified atom stereocenters. The summed E-state index contributed by atoms with van der Waals surface area (Å²) in [5, 5.41) is 0. The molecule has 2 heterocycles. The van der Waals surface area contributed by atoms with Gasteiger partial charge in [-0.3, -0.25) is 4.79 Å². The van der Waals surface area contributed by atoms with Gasteiger partial charge in [-0.2, -0.15) is 0 Å². The number of aromatic nitrogens is 1. The van der Waals surface area contributed by atoms with Crippen molar-refractivity contribution >= 4 is 17.4 Å². The molecule has 0 saturated heterocycles. The van der Waals surface area contributed by atoms with E-state index in [1.165, 1.54) is 6.07 Å². The van der Waals surface area contributed by atoms with Crippen molar-refractivity contribution in [2.24, 2.45) is 5.73 Å². The highest BCUT2D eigenvalue weighted by Crippen LogP contribution is 2.28. The van der Waals surface area contributed by atoms with E-state index in [0.29, 0.717) is 31.2 Å². The molecule has 0 spiro atoms. The minimum absolute atomic E-state index is 0.206. The van der Waals surface area contributed by atoms with Crippen LogP contribution < -0.4 is 21.1 Å². The van der Waals surface area contributed by atoms with Crippen molar-refractivity contribution in [2.45, 2.75) is 6.54 Å². The molecule has 6 nitrogen and oxygen atoms in total. The van der Waals surface area contributed by atoms with Gasteiger partial charge in [-0.05, 0) is 18.2 Å². The van der Waals surface area contributed by atoms with E-state index in [0.717, 1.165) is 11.3 Å². The summed E-state index contributed by atoms with van der Waals surface area (Å²) in [6, 6.07) is 11.0. The van der Waals surface area contributed by atoms with Crippen LogP contribution in [0.25, 0.3) is 0 Å². The van der Waals surface area contributed by atoms with E-state index >= 15 is 0 Å². The smallest absolute Gasteiger partial charge is 0.267 e. The standard InChI is InChI=1S/C15H16N4O2/c16-11-5-6-12(14(17)20)18-15(11)19-7-8-21-13-4-2-1-3-10(13)9-19/h1-6H,7-9,16H2,(H2,17,20). The highest BCUT2D eigenvalue weighted by atomic mass is 16.5. The molecule has 1 aromatic carbocycles. The van der Waals surface area contributed by atoms with E-state index < -0.39 is 5.91 Å². The molecule has 0 radical (unpaired) electrons. The number of hydrogen-bond acceptors (Lipinski definition) is 5. The lowest BCUT2D eigenvalue weighted by Crippen LogP contribution is -2.28. The third kappa shape index (κ3) is 2.60. The Kier molecular flexibility index (Phi) is 3.35. The maximum atomic E-state index is 11.3. The Morgan fingerprint density at radius 1 is 1.24 bits per heavy atom. The maximum Gasteiger partial charge on any atom is 0.267 e. The number of nitrogens with zero attached hydrogens (tertiary/aromatic N) is 2. The van der Waals surface area contributed by atoms with E-state index in [9.17, 15) is 4.79 Å². The van der Waals surface area contributed by atoms with Gasteiger partial charge < -0.3 is 21.1 Å². The van der Waals surface area contributed by atoms with Gasteiger partial charge in [-0.15, -0.1) is 0 Å². The van der Waals surface area contributed by atoms with Gasteiger partial charge in [0.05, 0.1) is 12.2 Å². The molecule has 1 aliphatic heterocycles. The minimum Gasteiger partial charge on any atom is -0.491 e. The van der Waals surface area contributed by atoms with Crippen LogP contribution in [-0.2, 0) is 6.54 Å². The zero-order valence-corrected chi connectivity index (χ0v) is 11.5. The maximum absolute atomic E-state index is 11.3. The van der Waals surface area contributed by atoms with Crippen LogP contribution in [-0.4, -0.2) is 24.0 Å². The molecule has 3 rings (SSSR count). The molecule has 108 valence electrons. The number of pyridine rings is 1. The van der Waals surface area contributed by atoms with Crippen LogP contribution in [0.15, 0.2) is 36.4 Å². The van der Waals surface area contributed by atoms with Crippen LogP contribution in [0.3, 0.4) is 0 Å². The average Bonchev–Trinajstić information content (AvgIpc) is 2.69. The van der Waals surface area contributed by atoms with Crippen molar-refractivity contribution in [1.82, 2.24) is 4.98 Å². The van der Waals surface area contributed by atoms with Crippen molar-refractivity contribution in [2.75, 3.05) is 23.8 Å². The normalized spacial score (nSPS) is 14.0. The molecule has 0 bridgehead atoms. The van der Waals surface area contributed by atoms with Crippen LogP contribution in [0.5, 0.6) is 5.75 Å². The van der Waals surface area contributed by atoms with Crippen LogP contribution in [0.4, 0.5) is 11.5 Å². The first-order valence-corrected chi connectivity index (χ1v) is 6.67. The van der Waals surface area contributed by atoms with Gasteiger partial charge in [0.1, 0.15) is 18.1 Å². The van der Waals surface area contributed by atoms with Crippen molar-refractivity contribution in [3.63, 3.8) is 0 Å². The van der Waals surface area contributed by atoms with Crippen LogP contribution in [0, 0.1) is 0 Å². The number of anilines is 2. The molecule has 1 amide bonds. The lowest BCUT2D eigenvalue weighted by molar-refractivity contribution is 0.0995. The van der Waals surface area contributed by atoms with E-state index in [1.807, 2.05) is 29.2 Å². The van der Waals surface area contributed by atoms with Gasteiger partial charge in [0.15, 0.2) is 5.82 Å². The Bertz CT molecular complexity index is 687. The first-order chi connectivity index (χ1) is 10.1. The average molecular weight is 284 g/mol. The molecule has 2 aromatic rings. The second-order valence-corrected chi connectivity index (χ2v) is 4.85. The fourth-order valence-corrected chi connectivity index (χ4v) is 2.36. The summed E-state index contributed by atoms with van der Waals surface area (Å²) in [5.41, 5.74) is 13.1. The first-order valence-electron chi connectivity index (χ1n) is 6.67. The Labute approximate surface area is 122 Å². The van der Waals surface area contributed by atoms with Gasteiger partial charge >= 0.3 is 0 Å². The molecule has 0 aliphatic carbocycles. The Balaban J connectivity index is 1.97. The Morgan fingerprint density at radius 2 is 2.05 bits per heavy atom. The number of nitrogens with two attached hydrogens (primary N) is 2. The zero-order valence-electron chi connectivity index (χ0n) is 11.5. The number of ether oxygens (including phenoxy) is 1. The lowest BCUT2D eigenvalue weighted by atomic mass is 10.2. The molecule has 0 atom stereocenters. The van der Waals surface area contributed by atoms with E-state index in [-0.39, 0.29) is 5.69 Å². The summed E-state index contributed by atoms with van der Waals surface area (Å²) in [6.45, 7) is 1.78. The molecule has 4 N–H and O–H groups in total. The summed E-state index contributed by atoms with van der Waals surface area (Å²) in [4.78, 5) is 17.6. The molecular formula is C15H16N4O2. The summed E-state index contributed by atoms with van der Waals surface area (Å²) < 4.78 is 5.72. The number of benzene rings is 1. The predicted molar refractivity (Wildman–Crippen MR) is 80.2 cm³/mol. The van der Waals surface area contributed by atoms with Crippen molar-refractivity contribution in [1.29, 1.82) is 0 Å². The molecule has 1 aromatic heterocycles. The second kappa shape index (κ2) is 5.32. The SMILES string of the molecule is NC(=O)c1ccc(N)c(N2CCOc3ccccc3C2)n1. The van der Waals surface area contributed by atoms with Gasteiger partial charge in [-0.25, -0.2) is 4.98 Å². The summed E-state index contributed by atoms with van der Waals surface area (Å²) in [5.74, 6) is 0.860. The van der Waals surface area contributed by atoms with E-state index in [4.69, 9.17) is 16.2 Å². The van der Waals surface area contributed by atoms with Gasteiger partial charge in [0, 0.05) is 12.1 Å². The Morgan fingerprint density at radius 3 is 2.86 bits per heavy atom. The third-order valence-corrected chi connectivity index (χ3v) is 3.41. The fraction of sp³-hybridized carbons (Fsp3) is 0.200. The number of fused-ring (bicyclic) bond motifs is 1. The van der Waals surface area contributed by atoms with Gasteiger partial charge in [0.25, 0.3) is 5.91 Å². The predicted octanol–water partition coefficient (Wildman–Crippen LogP) is 1.16. The number of para-hydroxylation sites is 1. The van der Waals surface area contributed by atoms with E-state index in [1.54, 1.807) is 6.07 Å². The largest absolute Gasteiger partial charge is 0.491 e. The monoisotopic (exact) mass is 284 g/mol. The second-order valence-electron chi connectivity index (χ2n) is 4.85. The number of amides is 1. The quantitative estimate of drug-likeness (QED) is 0.863. The number of nitrogen functional groups attached to an aromatic ring is 1. The van der Waals surface area contributed by atoms with Gasteiger partial charge in [-0.1, -0.05) is 18.2 Å². The number of rotatable bonds is 2. The topological polar surface area (TPSA) is 94.5 Å². The minimum atomic E-state index is -0.567. The number of primary amides is 1. The van der Waals surface area contributed by atoms with Crippen LogP contribution in [0.2, 0.25) is 0 Å². The summed E-state index contributed by atoms with van der Waals surface area (Å²) in [6.07, 6.45) is 0. The number of carbonyl (C=O) groups is 1. The molecule has 6 heteroatoms. The van der Waals surface area contributed by atoms with Crippen molar-refractivity contribution in [3.05, 3.63) is 47.7 Å². The lowest BCUT2D eigenvalue weighted by Gasteiger charge is -2.22. The highest BCUT2D eigenvalue weighted by molar-refractivity contribution is 5.91. The van der Waals surface area contributed by atoms with Gasteiger partial charge in [0.2, 0.25) is 0 Å². The molecular weight excluding hydrogens is 268 g/mol. The van der Waals surface area contributed by atoms with E-state index in [2.05, 4.69) is 4.98 Å². The van der Waals surface area contributed by atoms with Crippen molar-refractivity contribution < 1.29 is 9.53 Å². The fourth-order valence-electron chi connectivity index (χ4n) is 2.36. The first kappa shape index (κ1) is 13.2. The number of carbonyl (C=O) groups excluding carboxylic acids is 1. The third-order valence-electron chi connectivity index (χ3n) is 3.41. The van der Waals surface area contributed by atoms with Crippen molar-refractivity contribution in [3.8, 4) is 5.75 Å². The summed E-state index contributed by atoms with van der Waals surface area (Å²) in [7, 11) is 0. The Hall–Kier alpha value is -2.76. The molecule has 0 saturated carbocycles. The number of hydrogen-bond donors (Lipinski definition) is 2. The molecule has 1 aliphatic rings. The summed E-state index contributed by atoms with van der Waals surface area (Å²) >= 11 is 0. The van der Waals surface area contributed by atoms with Crippen LogP contribution >= 0.6 is 0 Å². The highest BCUT2D eigenvalue weighted by Gasteiger charge is 2.19. The molecule has 0 fully saturated rings. The molecule has 21 heavy (non-hydrogen) atoms. The van der Waals surface area contributed by atoms with Crippen LogP contribution in [0.1, 0.15) is 16.1 Å². The zero-order chi connectivity index (χ0) is 14.8.